The molecule has 0 spiro atoms. The van der Waals surface area contributed by atoms with E-state index in [2.05, 4.69) is 24.1 Å². The molecule has 108 valence electrons. The maximum absolute atomic E-state index is 12.1. The molecular weight excluding hydrogens is 252 g/mol. The van der Waals surface area contributed by atoms with E-state index in [0.717, 1.165) is 37.3 Å². The van der Waals surface area contributed by atoms with Crippen molar-refractivity contribution in [1.29, 1.82) is 0 Å². The quantitative estimate of drug-likeness (QED) is 0.843. The van der Waals surface area contributed by atoms with E-state index in [0.29, 0.717) is 6.54 Å². The van der Waals surface area contributed by atoms with Gasteiger partial charge in [0.25, 0.3) is 0 Å². The molecule has 0 aliphatic heterocycles. The van der Waals surface area contributed by atoms with Crippen LogP contribution in [0.4, 0.5) is 5.82 Å². The third kappa shape index (κ3) is 3.50. The van der Waals surface area contributed by atoms with Gasteiger partial charge >= 0.3 is 5.69 Å². The van der Waals surface area contributed by atoms with Crippen LogP contribution in [-0.2, 0) is 13.1 Å². The first-order chi connectivity index (χ1) is 9.74. The second kappa shape index (κ2) is 6.93. The average molecular weight is 274 g/mol. The Labute approximate surface area is 119 Å². The van der Waals surface area contributed by atoms with E-state index >= 15 is 0 Å². The molecule has 2 aromatic heterocycles. The Hall–Kier alpha value is -2.04. The topological polar surface area (TPSA) is 51.9 Å². The van der Waals surface area contributed by atoms with Crippen LogP contribution < -0.4 is 11.0 Å². The van der Waals surface area contributed by atoms with Crippen LogP contribution in [0.2, 0.25) is 0 Å². The molecule has 5 heteroatoms. The van der Waals surface area contributed by atoms with Crippen LogP contribution in [0.15, 0.2) is 35.5 Å². The molecule has 0 aliphatic rings. The van der Waals surface area contributed by atoms with Crippen molar-refractivity contribution in [2.45, 2.75) is 39.8 Å². The van der Waals surface area contributed by atoms with Crippen molar-refractivity contribution in [1.82, 2.24) is 14.1 Å². The molecule has 2 aromatic rings. The average Bonchev–Trinajstić information content (AvgIpc) is 2.80. The molecule has 0 atom stereocenters. The smallest absolute Gasteiger partial charge is 0.328 e. The minimum absolute atomic E-state index is 0.0417. The first-order valence-electron chi connectivity index (χ1n) is 7.19. The number of imidazole rings is 1. The van der Waals surface area contributed by atoms with Gasteiger partial charge in [0.15, 0.2) is 0 Å². The van der Waals surface area contributed by atoms with E-state index in [9.17, 15) is 4.79 Å². The largest absolute Gasteiger partial charge is 0.370 e. The minimum atomic E-state index is 0.0417. The van der Waals surface area contributed by atoms with Crippen molar-refractivity contribution in [3.63, 3.8) is 0 Å². The summed E-state index contributed by atoms with van der Waals surface area (Å²) < 4.78 is 3.45. The number of hydrogen-bond acceptors (Lipinski definition) is 3. The molecule has 0 fully saturated rings. The predicted octanol–water partition coefficient (Wildman–Crippen LogP) is 2.33. The van der Waals surface area contributed by atoms with Crippen molar-refractivity contribution >= 4 is 5.82 Å². The molecule has 0 amide bonds. The second-order valence-corrected chi connectivity index (χ2v) is 4.88. The second-order valence-electron chi connectivity index (χ2n) is 4.88. The molecular formula is C15H22N4O. The number of hydrogen-bond donors (Lipinski definition) is 1. The molecule has 0 radical (unpaired) electrons. The molecule has 0 saturated carbocycles. The lowest BCUT2D eigenvalue weighted by Crippen LogP contribution is -2.24. The van der Waals surface area contributed by atoms with Gasteiger partial charge in [-0.3, -0.25) is 9.13 Å². The Balaban J connectivity index is 2.04. The van der Waals surface area contributed by atoms with Gasteiger partial charge in [-0.2, -0.15) is 0 Å². The van der Waals surface area contributed by atoms with Gasteiger partial charge < -0.3 is 5.32 Å². The summed E-state index contributed by atoms with van der Waals surface area (Å²) in [6.45, 7) is 6.44. The Morgan fingerprint density at radius 3 is 2.60 bits per heavy atom. The predicted molar refractivity (Wildman–Crippen MR) is 81.1 cm³/mol. The summed E-state index contributed by atoms with van der Waals surface area (Å²) in [6, 6.07) is 3.97. The Morgan fingerprint density at radius 2 is 1.95 bits per heavy atom. The van der Waals surface area contributed by atoms with Crippen LogP contribution in [0.3, 0.4) is 0 Å². The fourth-order valence-corrected chi connectivity index (χ4v) is 2.06. The zero-order valence-corrected chi connectivity index (χ0v) is 12.2. The van der Waals surface area contributed by atoms with Gasteiger partial charge in [0.05, 0.1) is 6.54 Å². The third-order valence-corrected chi connectivity index (χ3v) is 3.12. The Morgan fingerprint density at radius 1 is 1.15 bits per heavy atom. The summed E-state index contributed by atoms with van der Waals surface area (Å²) >= 11 is 0. The number of aryl methyl sites for hydroxylation is 1. The SMILES string of the molecule is CCCNc1ccc(Cn2ccn(CCC)c2=O)cn1. The van der Waals surface area contributed by atoms with Gasteiger partial charge in [0, 0.05) is 31.7 Å². The molecule has 5 nitrogen and oxygen atoms in total. The zero-order valence-electron chi connectivity index (χ0n) is 12.2. The summed E-state index contributed by atoms with van der Waals surface area (Å²) in [7, 11) is 0. The highest BCUT2D eigenvalue weighted by molar-refractivity contribution is 5.35. The first kappa shape index (κ1) is 14.4. The summed E-state index contributed by atoms with van der Waals surface area (Å²) in [6.07, 6.45) is 7.53. The van der Waals surface area contributed by atoms with E-state index in [4.69, 9.17) is 0 Å². The highest BCUT2D eigenvalue weighted by Gasteiger charge is 2.03. The lowest BCUT2D eigenvalue weighted by molar-refractivity contribution is 0.624. The zero-order chi connectivity index (χ0) is 14.4. The van der Waals surface area contributed by atoms with Crippen molar-refractivity contribution in [3.8, 4) is 0 Å². The summed E-state index contributed by atoms with van der Waals surface area (Å²) in [5.74, 6) is 0.881. The molecule has 0 bridgehead atoms. The van der Waals surface area contributed by atoms with Crippen LogP contribution in [-0.4, -0.2) is 20.7 Å². The first-order valence-corrected chi connectivity index (χ1v) is 7.19. The normalized spacial score (nSPS) is 10.7. The van der Waals surface area contributed by atoms with Crippen molar-refractivity contribution in [3.05, 3.63) is 46.8 Å². The van der Waals surface area contributed by atoms with Gasteiger partial charge in [0.1, 0.15) is 5.82 Å². The highest BCUT2D eigenvalue weighted by Crippen LogP contribution is 2.06. The summed E-state index contributed by atoms with van der Waals surface area (Å²) in [4.78, 5) is 16.4. The number of anilines is 1. The minimum Gasteiger partial charge on any atom is -0.370 e. The van der Waals surface area contributed by atoms with Gasteiger partial charge in [0.2, 0.25) is 0 Å². The Bertz CT molecular complexity index is 583. The maximum Gasteiger partial charge on any atom is 0.328 e. The van der Waals surface area contributed by atoms with Crippen molar-refractivity contribution in [2.24, 2.45) is 0 Å². The van der Waals surface area contributed by atoms with Crippen LogP contribution in [0, 0.1) is 0 Å². The molecule has 2 heterocycles. The molecule has 20 heavy (non-hydrogen) atoms. The molecule has 0 saturated heterocycles. The fourth-order valence-electron chi connectivity index (χ4n) is 2.06. The van der Waals surface area contributed by atoms with Crippen molar-refractivity contribution < 1.29 is 0 Å². The van der Waals surface area contributed by atoms with Gasteiger partial charge in [-0.25, -0.2) is 9.78 Å². The van der Waals surface area contributed by atoms with Crippen LogP contribution in [0.1, 0.15) is 32.3 Å². The number of rotatable bonds is 7. The number of aromatic nitrogens is 3. The number of nitrogens with one attached hydrogen (secondary N) is 1. The Kier molecular flexibility index (Phi) is 4.98. The molecule has 0 unspecified atom stereocenters. The van der Waals surface area contributed by atoms with Crippen LogP contribution >= 0.6 is 0 Å². The monoisotopic (exact) mass is 274 g/mol. The third-order valence-electron chi connectivity index (χ3n) is 3.12. The standard InChI is InChI=1S/C15H22N4O/c1-3-7-16-14-6-5-13(11-17-14)12-19-10-9-18(8-4-2)15(19)20/h5-6,9-11H,3-4,7-8,12H2,1-2H3,(H,16,17). The van der Waals surface area contributed by atoms with E-state index in [1.807, 2.05) is 30.7 Å². The number of nitrogens with zero attached hydrogens (tertiary/aromatic N) is 3. The van der Waals surface area contributed by atoms with Gasteiger partial charge in [-0.05, 0) is 24.5 Å². The van der Waals surface area contributed by atoms with Crippen LogP contribution in [0.25, 0.3) is 0 Å². The molecule has 1 N–H and O–H groups in total. The summed E-state index contributed by atoms with van der Waals surface area (Å²) in [5.41, 5.74) is 1.07. The van der Waals surface area contributed by atoms with E-state index in [-0.39, 0.29) is 5.69 Å². The molecule has 0 aliphatic carbocycles. The number of pyridine rings is 1. The van der Waals surface area contributed by atoms with E-state index in [1.54, 1.807) is 9.13 Å². The molecule has 2 rings (SSSR count). The van der Waals surface area contributed by atoms with Gasteiger partial charge in [-0.1, -0.05) is 19.9 Å². The van der Waals surface area contributed by atoms with Crippen LogP contribution in [0.5, 0.6) is 0 Å². The van der Waals surface area contributed by atoms with Crippen molar-refractivity contribution in [2.75, 3.05) is 11.9 Å². The fraction of sp³-hybridized carbons (Fsp3) is 0.467. The summed E-state index contributed by atoms with van der Waals surface area (Å²) in [5, 5.41) is 3.23. The lowest BCUT2D eigenvalue weighted by Gasteiger charge is -2.05. The lowest BCUT2D eigenvalue weighted by atomic mass is 10.3. The van der Waals surface area contributed by atoms with E-state index < -0.39 is 0 Å². The maximum atomic E-state index is 12.1. The van der Waals surface area contributed by atoms with E-state index in [1.165, 1.54) is 0 Å². The van der Waals surface area contributed by atoms with Gasteiger partial charge in [-0.15, -0.1) is 0 Å². The highest BCUT2D eigenvalue weighted by atomic mass is 16.1. The molecule has 0 aromatic carbocycles.